The molecule has 26 heavy (non-hydrogen) atoms. The van der Waals surface area contributed by atoms with Crippen LogP contribution >= 0.6 is 11.6 Å². The van der Waals surface area contributed by atoms with Crippen LogP contribution in [-0.4, -0.2) is 15.7 Å². The van der Waals surface area contributed by atoms with Gasteiger partial charge in [0.1, 0.15) is 18.1 Å². The molecule has 0 saturated carbocycles. The minimum absolute atomic E-state index is 0.174. The van der Waals surface area contributed by atoms with E-state index in [0.29, 0.717) is 16.5 Å². The van der Waals surface area contributed by atoms with E-state index in [1.807, 2.05) is 20.9 Å². The number of carbonyl (C=O) groups excluding carboxylic acids is 1. The lowest BCUT2D eigenvalue weighted by Gasteiger charge is -2.12. The van der Waals surface area contributed by atoms with Crippen LogP contribution in [0.25, 0.3) is 0 Å². The molecule has 6 nitrogen and oxygen atoms in total. The molecule has 0 aliphatic rings. The molecule has 0 aliphatic heterocycles. The van der Waals surface area contributed by atoms with Gasteiger partial charge in [-0.3, -0.25) is 9.48 Å². The summed E-state index contributed by atoms with van der Waals surface area (Å²) in [7, 11) is 1.87. The van der Waals surface area contributed by atoms with Crippen molar-refractivity contribution in [3.8, 4) is 5.75 Å². The number of nitrogens with one attached hydrogen (secondary N) is 1. The van der Waals surface area contributed by atoms with Crippen molar-refractivity contribution < 1.29 is 13.9 Å². The van der Waals surface area contributed by atoms with Gasteiger partial charge in [-0.05, 0) is 44.2 Å². The van der Waals surface area contributed by atoms with Crippen LogP contribution < -0.4 is 10.1 Å². The van der Waals surface area contributed by atoms with Gasteiger partial charge in [-0.25, -0.2) is 0 Å². The molecule has 2 aromatic heterocycles. The molecule has 1 N–H and O–H groups in total. The van der Waals surface area contributed by atoms with E-state index in [-0.39, 0.29) is 24.3 Å². The van der Waals surface area contributed by atoms with E-state index in [9.17, 15) is 4.79 Å². The molecule has 0 fully saturated rings. The number of hydrogen-bond donors (Lipinski definition) is 1. The lowest BCUT2D eigenvalue weighted by molar-refractivity contribution is 0.0907. The smallest absolute Gasteiger partial charge is 0.287 e. The molecule has 0 aliphatic carbocycles. The Bertz CT molecular complexity index is 916. The Morgan fingerprint density at radius 3 is 2.88 bits per heavy atom. The fraction of sp³-hybridized carbons (Fsp3) is 0.263. The van der Waals surface area contributed by atoms with Gasteiger partial charge in [0.25, 0.3) is 5.91 Å². The maximum absolute atomic E-state index is 12.4. The minimum Gasteiger partial charge on any atom is -0.486 e. The molecule has 0 radical (unpaired) electrons. The normalized spacial score (nSPS) is 12.0. The molecule has 136 valence electrons. The largest absolute Gasteiger partial charge is 0.486 e. The van der Waals surface area contributed by atoms with E-state index < -0.39 is 0 Å². The summed E-state index contributed by atoms with van der Waals surface area (Å²) < 4.78 is 13.0. The first-order valence-corrected chi connectivity index (χ1v) is 8.58. The van der Waals surface area contributed by atoms with Gasteiger partial charge < -0.3 is 14.5 Å². The second-order valence-electron chi connectivity index (χ2n) is 6.02. The van der Waals surface area contributed by atoms with E-state index >= 15 is 0 Å². The van der Waals surface area contributed by atoms with E-state index in [0.717, 1.165) is 11.3 Å². The Kier molecular flexibility index (Phi) is 5.32. The molecule has 1 atom stereocenters. The predicted octanol–water partition coefficient (Wildman–Crippen LogP) is 4.04. The summed E-state index contributed by atoms with van der Waals surface area (Å²) in [6.45, 7) is 4.09. The van der Waals surface area contributed by atoms with Crippen LogP contribution in [0.4, 0.5) is 0 Å². The molecule has 0 spiro atoms. The summed E-state index contributed by atoms with van der Waals surface area (Å²) in [5, 5.41) is 7.71. The molecule has 7 heteroatoms. The van der Waals surface area contributed by atoms with Gasteiger partial charge in [0.2, 0.25) is 0 Å². The monoisotopic (exact) mass is 373 g/mol. The molecule has 3 rings (SSSR count). The van der Waals surface area contributed by atoms with Crippen molar-refractivity contribution in [3.05, 3.63) is 70.4 Å². The van der Waals surface area contributed by atoms with Crippen molar-refractivity contribution in [2.45, 2.75) is 26.5 Å². The van der Waals surface area contributed by atoms with Crippen LogP contribution in [0.1, 0.15) is 40.5 Å². The fourth-order valence-corrected chi connectivity index (χ4v) is 2.76. The quantitative estimate of drug-likeness (QED) is 0.707. The topological polar surface area (TPSA) is 69.3 Å². The standard InChI is InChI=1S/C19H20ClN3O3/c1-12(17-10-21-23(3)13(17)2)22-19(24)18-8-7-16(26-18)11-25-15-6-4-5-14(20)9-15/h4-10,12H,11H2,1-3H3,(H,22,24). The second kappa shape index (κ2) is 7.66. The minimum atomic E-state index is -0.283. The van der Waals surface area contributed by atoms with Crippen LogP contribution in [0.5, 0.6) is 5.75 Å². The molecule has 0 bridgehead atoms. The highest BCUT2D eigenvalue weighted by atomic mass is 35.5. The van der Waals surface area contributed by atoms with E-state index in [2.05, 4.69) is 10.4 Å². The summed E-state index contributed by atoms with van der Waals surface area (Å²) in [5.74, 6) is 1.15. The van der Waals surface area contributed by atoms with Crippen molar-refractivity contribution in [2.24, 2.45) is 7.05 Å². The molecular weight excluding hydrogens is 354 g/mol. The Morgan fingerprint density at radius 1 is 1.38 bits per heavy atom. The Balaban J connectivity index is 1.60. The van der Waals surface area contributed by atoms with E-state index in [1.54, 1.807) is 47.3 Å². The van der Waals surface area contributed by atoms with Gasteiger partial charge in [0.15, 0.2) is 5.76 Å². The third-order valence-corrected chi connectivity index (χ3v) is 4.39. The molecule has 1 amide bonds. The highest BCUT2D eigenvalue weighted by Crippen LogP contribution is 2.20. The number of halogens is 1. The van der Waals surface area contributed by atoms with Crippen molar-refractivity contribution in [1.82, 2.24) is 15.1 Å². The number of ether oxygens (including phenoxy) is 1. The van der Waals surface area contributed by atoms with Crippen molar-refractivity contribution in [2.75, 3.05) is 0 Å². The summed E-state index contributed by atoms with van der Waals surface area (Å²) >= 11 is 5.92. The molecule has 1 aromatic carbocycles. The van der Waals surface area contributed by atoms with Gasteiger partial charge in [-0.15, -0.1) is 0 Å². The number of amides is 1. The zero-order valence-corrected chi connectivity index (χ0v) is 15.6. The first kappa shape index (κ1) is 18.1. The highest BCUT2D eigenvalue weighted by molar-refractivity contribution is 6.30. The van der Waals surface area contributed by atoms with Gasteiger partial charge in [-0.2, -0.15) is 5.10 Å². The Labute approximate surface area is 156 Å². The van der Waals surface area contributed by atoms with Gasteiger partial charge in [0.05, 0.1) is 12.2 Å². The SMILES string of the molecule is Cc1c(C(C)NC(=O)c2ccc(COc3cccc(Cl)c3)o2)cnn1C. The third-order valence-electron chi connectivity index (χ3n) is 4.15. The van der Waals surface area contributed by atoms with E-state index in [1.165, 1.54) is 0 Å². The van der Waals surface area contributed by atoms with Gasteiger partial charge in [-0.1, -0.05) is 17.7 Å². The highest BCUT2D eigenvalue weighted by Gasteiger charge is 2.18. The number of nitrogens with zero attached hydrogens (tertiary/aromatic N) is 2. The summed E-state index contributed by atoms with van der Waals surface area (Å²) in [5.41, 5.74) is 1.98. The van der Waals surface area contributed by atoms with Crippen LogP contribution in [0, 0.1) is 6.92 Å². The summed E-state index contributed by atoms with van der Waals surface area (Å²) in [6.07, 6.45) is 1.76. The van der Waals surface area contributed by atoms with Crippen LogP contribution in [0.2, 0.25) is 5.02 Å². The molecule has 1 unspecified atom stereocenters. The fourth-order valence-electron chi connectivity index (χ4n) is 2.58. The number of aromatic nitrogens is 2. The average Bonchev–Trinajstić information content (AvgIpc) is 3.21. The van der Waals surface area contributed by atoms with Gasteiger partial charge in [0, 0.05) is 23.3 Å². The van der Waals surface area contributed by atoms with Crippen molar-refractivity contribution in [3.63, 3.8) is 0 Å². The average molecular weight is 374 g/mol. The maximum atomic E-state index is 12.4. The van der Waals surface area contributed by atoms with Gasteiger partial charge >= 0.3 is 0 Å². The van der Waals surface area contributed by atoms with Crippen molar-refractivity contribution >= 4 is 17.5 Å². The number of hydrogen-bond acceptors (Lipinski definition) is 4. The maximum Gasteiger partial charge on any atom is 0.287 e. The lowest BCUT2D eigenvalue weighted by atomic mass is 10.1. The lowest BCUT2D eigenvalue weighted by Crippen LogP contribution is -2.26. The molecule has 2 heterocycles. The molecule has 3 aromatic rings. The van der Waals surface area contributed by atoms with Crippen LogP contribution in [0.3, 0.4) is 0 Å². The van der Waals surface area contributed by atoms with Crippen molar-refractivity contribution in [1.29, 1.82) is 0 Å². The summed E-state index contributed by atoms with van der Waals surface area (Å²) in [6, 6.07) is 10.3. The number of furan rings is 1. The Morgan fingerprint density at radius 2 is 2.19 bits per heavy atom. The number of rotatable bonds is 6. The number of aryl methyl sites for hydroxylation is 1. The molecule has 0 saturated heterocycles. The predicted molar refractivity (Wildman–Crippen MR) is 98.3 cm³/mol. The zero-order chi connectivity index (χ0) is 18.7. The first-order chi connectivity index (χ1) is 12.4. The molecular formula is C19H20ClN3O3. The van der Waals surface area contributed by atoms with E-state index in [4.69, 9.17) is 20.8 Å². The zero-order valence-electron chi connectivity index (χ0n) is 14.8. The first-order valence-electron chi connectivity index (χ1n) is 8.20. The number of carbonyl (C=O) groups is 1. The van der Waals surface area contributed by atoms with Crippen LogP contribution in [0.15, 0.2) is 47.0 Å². The summed E-state index contributed by atoms with van der Waals surface area (Å²) in [4.78, 5) is 12.4. The number of benzene rings is 1. The third kappa shape index (κ3) is 4.08. The second-order valence-corrected chi connectivity index (χ2v) is 6.45. The van der Waals surface area contributed by atoms with Crippen LogP contribution in [-0.2, 0) is 13.7 Å². The Hall–Kier alpha value is -2.73.